The number of carbonyl (C=O) groups excluding carboxylic acids is 1. The van der Waals surface area contributed by atoms with E-state index in [1.807, 2.05) is 17.0 Å². The first-order valence-corrected chi connectivity index (χ1v) is 8.44. The van der Waals surface area contributed by atoms with E-state index in [1.165, 1.54) is 11.1 Å². The largest absolute Gasteiger partial charge is 0.481 e. The summed E-state index contributed by atoms with van der Waals surface area (Å²) in [5.41, 5.74) is 2.61. The average molecular weight is 316 g/mol. The highest BCUT2D eigenvalue weighted by Gasteiger charge is 2.29. The van der Waals surface area contributed by atoms with E-state index in [4.69, 9.17) is 5.11 Å². The van der Waals surface area contributed by atoms with Gasteiger partial charge in [-0.05, 0) is 36.8 Å². The highest BCUT2D eigenvalue weighted by Crippen LogP contribution is 2.24. The lowest BCUT2D eigenvalue weighted by atomic mass is 9.98. The number of aliphatic carboxylic acids is 1. The third-order valence-corrected chi connectivity index (χ3v) is 4.90. The van der Waals surface area contributed by atoms with Gasteiger partial charge in [-0.15, -0.1) is 0 Å². The molecule has 2 aliphatic rings. The van der Waals surface area contributed by atoms with E-state index in [9.17, 15) is 9.59 Å². The number of likely N-dealkylation sites (tertiary alicyclic amines) is 1. The van der Waals surface area contributed by atoms with Crippen LogP contribution in [0.15, 0.2) is 24.3 Å². The van der Waals surface area contributed by atoms with Crippen molar-refractivity contribution in [2.24, 2.45) is 0 Å². The standard InChI is InChI=1S/C18H24N2O3/c21-17(13-19-11-14-5-1-2-6-15(14)12-19)20-10-4-3-7-16(20)8-9-18(22)23/h1-2,5-6,16H,3-4,7-13H2,(H,22,23)/t16-/m0/s1. The average Bonchev–Trinajstić information content (AvgIpc) is 2.95. The van der Waals surface area contributed by atoms with Gasteiger partial charge in [-0.1, -0.05) is 24.3 Å². The number of hydrogen-bond donors (Lipinski definition) is 1. The first-order valence-electron chi connectivity index (χ1n) is 8.44. The van der Waals surface area contributed by atoms with Crippen LogP contribution in [0, 0.1) is 0 Å². The molecule has 0 unspecified atom stereocenters. The summed E-state index contributed by atoms with van der Waals surface area (Å²) in [6.07, 6.45) is 3.75. The molecule has 1 atom stereocenters. The quantitative estimate of drug-likeness (QED) is 0.905. The second-order valence-electron chi connectivity index (χ2n) is 6.58. The molecule has 0 bridgehead atoms. The van der Waals surface area contributed by atoms with Gasteiger partial charge in [0.25, 0.3) is 0 Å². The Kier molecular flexibility index (Phi) is 4.96. The first kappa shape index (κ1) is 16.0. The Labute approximate surface area is 136 Å². The fraction of sp³-hybridized carbons (Fsp3) is 0.556. The number of carbonyl (C=O) groups is 2. The first-order chi connectivity index (χ1) is 11.1. The van der Waals surface area contributed by atoms with Crippen molar-refractivity contribution in [3.05, 3.63) is 35.4 Å². The summed E-state index contributed by atoms with van der Waals surface area (Å²) < 4.78 is 0. The molecule has 23 heavy (non-hydrogen) atoms. The van der Waals surface area contributed by atoms with E-state index in [0.717, 1.165) is 38.9 Å². The molecular formula is C18H24N2O3. The molecule has 0 radical (unpaired) electrons. The maximum atomic E-state index is 12.7. The zero-order valence-electron chi connectivity index (χ0n) is 13.4. The Hall–Kier alpha value is -1.88. The molecular weight excluding hydrogens is 292 g/mol. The number of carboxylic acid groups (broad SMARTS) is 1. The van der Waals surface area contributed by atoms with Crippen molar-refractivity contribution in [2.45, 2.75) is 51.2 Å². The molecule has 1 saturated heterocycles. The smallest absolute Gasteiger partial charge is 0.303 e. The van der Waals surface area contributed by atoms with Crippen LogP contribution in [0.5, 0.6) is 0 Å². The third kappa shape index (κ3) is 3.91. The molecule has 1 fully saturated rings. The lowest BCUT2D eigenvalue weighted by Crippen LogP contribution is -2.47. The molecule has 3 rings (SSSR count). The van der Waals surface area contributed by atoms with Gasteiger partial charge in [-0.25, -0.2) is 0 Å². The van der Waals surface area contributed by atoms with E-state index >= 15 is 0 Å². The van der Waals surface area contributed by atoms with E-state index in [0.29, 0.717) is 13.0 Å². The van der Waals surface area contributed by atoms with Crippen molar-refractivity contribution in [2.75, 3.05) is 13.1 Å². The van der Waals surface area contributed by atoms with E-state index in [1.54, 1.807) is 0 Å². The van der Waals surface area contributed by atoms with Crippen LogP contribution >= 0.6 is 0 Å². The van der Waals surface area contributed by atoms with Gasteiger partial charge in [0.05, 0.1) is 6.54 Å². The number of carboxylic acids is 1. The molecule has 5 nitrogen and oxygen atoms in total. The van der Waals surface area contributed by atoms with Crippen molar-refractivity contribution in [1.82, 2.24) is 9.80 Å². The topological polar surface area (TPSA) is 60.9 Å². The van der Waals surface area contributed by atoms with Gasteiger partial charge < -0.3 is 10.0 Å². The monoisotopic (exact) mass is 316 g/mol. The summed E-state index contributed by atoms with van der Waals surface area (Å²) >= 11 is 0. The number of piperidine rings is 1. The van der Waals surface area contributed by atoms with Crippen LogP contribution in [0.4, 0.5) is 0 Å². The van der Waals surface area contributed by atoms with Gasteiger partial charge in [0, 0.05) is 32.1 Å². The fourth-order valence-corrected chi connectivity index (χ4v) is 3.72. The summed E-state index contributed by atoms with van der Waals surface area (Å²) in [7, 11) is 0. The minimum Gasteiger partial charge on any atom is -0.481 e. The van der Waals surface area contributed by atoms with Crippen molar-refractivity contribution in [3.63, 3.8) is 0 Å². The Balaban J connectivity index is 1.57. The number of rotatable bonds is 5. The van der Waals surface area contributed by atoms with Crippen LogP contribution in [-0.2, 0) is 22.7 Å². The van der Waals surface area contributed by atoms with Crippen molar-refractivity contribution < 1.29 is 14.7 Å². The lowest BCUT2D eigenvalue weighted by Gasteiger charge is -2.36. The number of amides is 1. The summed E-state index contributed by atoms with van der Waals surface area (Å²) in [5, 5.41) is 8.89. The molecule has 1 aromatic rings. The Morgan fingerprint density at radius 3 is 2.48 bits per heavy atom. The number of hydrogen-bond acceptors (Lipinski definition) is 3. The molecule has 0 saturated carbocycles. The molecule has 2 heterocycles. The second kappa shape index (κ2) is 7.13. The van der Waals surface area contributed by atoms with Gasteiger partial charge >= 0.3 is 5.97 Å². The predicted octanol–water partition coefficient (Wildman–Crippen LogP) is 2.25. The molecule has 2 aliphatic heterocycles. The molecule has 0 aliphatic carbocycles. The van der Waals surface area contributed by atoms with Crippen LogP contribution < -0.4 is 0 Å². The Morgan fingerprint density at radius 2 is 1.83 bits per heavy atom. The van der Waals surface area contributed by atoms with Gasteiger partial charge in [-0.2, -0.15) is 0 Å². The maximum Gasteiger partial charge on any atom is 0.303 e. The lowest BCUT2D eigenvalue weighted by molar-refractivity contribution is -0.140. The number of benzene rings is 1. The molecule has 0 aromatic heterocycles. The van der Waals surface area contributed by atoms with E-state index in [-0.39, 0.29) is 18.4 Å². The van der Waals surface area contributed by atoms with Gasteiger partial charge in [0.2, 0.25) is 5.91 Å². The van der Waals surface area contributed by atoms with Gasteiger partial charge in [-0.3, -0.25) is 14.5 Å². The highest BCUT2D eigenvalue weighted by molar-refractivity contribution is 5.79. The number of fused-ring (bicyclic) bond motifs is 1. The summed E-state index contributed by atoms with van der Waals surface area (Å²) in [6, 6.07) is 8.41. The molecule has 124 valence electrons. The summed E-state index contributed by atoms with van der Waals surface area (Å²) in [6.45, 7) is 2.85. The van der Waals surface area contributed by atoms with Gasteiger partial charge in [0.1, 0.15) is 0 Å². The minimum absolute atomic E-state index is 0.0947. The van der Waals surface area contributed by atoms with Crippen LogP contribution in [0.1, 0.15) is 43.2 Å². The highest BCUT2D eigenvalue weighted by atomic mass is 16.4. The van der Waals surface area contributed by atoms with Crippen molar-refractivity contribution in [3.8, 4) is 0 Å². The van der Waals surface area contributed by atoms with E-state index < -0.39 is 5.97 Å². The zero-order valence-corrected chi connectivity index (χ0v) is 13.4. The van der Waals surface area contributed by atoms with Crippen molar-refractivity contribution >= 4 is 11.9 Å². The normalized spacial score (nSPS) is 21.2. The minimum atomic E-state index is -0.780. The molecule has 1 aromatic carbocycles. The second-order valence-corrected chi connectivity index (χ2v) is 6.58. The maximum absolute atomic E-state index is 12.7. The molecule has 0 spiro atoms. The van der Waals surface area contributed by atoms with Crippen LogP contribution in [0.25, 0.3) is 0 Å². The number of nitrogens with zero attached hydrogens (tertiary/aromatic N) is 2. The van der Waals surface area contributed by atoms with Crippen LogP contribution in [0.3, 0.4) is 0 Å². The molecule has 5 heteroatoms. The fourth-order valence-electron chi connectivity index (χ4n) is 3.72. The Bertz CT molecular complexity index is 562. The summed E-state index contributed by atoms with van der Waals surface area (Å²) in [5.74, 6) is -0.633. The third-order valence-electron chi connectivity index (χ3n) is 4.90. The van der Waals surface area contributed by atoms with Crippen molar-refractivity contribution in [1.29, 1.82) is 0 Å². The van der Waals surface area contributed by atoms with Gasteiger partial charge in [0.15, 0.2) is 0 Å². The van der Waals surface area contributed by atoms with Crippen LogP contribution in [-0.4, -0.2) is 45.9 Å². The van der Waals surface area contributed by atoms with Crippen LogP contribution in [0.2, 0.25) is 0 Å². The SMILES string of the molecule is O=C(O)CC[C@@H]1CCCCN1C(=O)CN1Cc2ccccc2C1. The summed E-state index contributed by atoms with van der Waals surface area (Å²) in [4.78, 5) is 27.6. The Morgan fingerprint density at radius 1 is 1.13 bits per heavy atom. The predicted molar refractivity (Wildman–Crippen MR) is 86.8 cm³/mol. The van der Waals surface area contributed by atoms with E-state index in [2.05, 4.69) is 17.0 Å². The zero-order chi connectivity index (χ0) is 16.2. The molecule has 1 amide bonds. The molecule has 1 N–H and O–H groups in total.